The number of hydrogen-bond donors (Lipinski definition) is 1. The van der Waals surface area contributed by atoms with E-state index in [1.807, 2.05) is 31.2 Å². The summed E-state index contributed by atoms with van der Waals surface area (Å²) in [7, 11) is 3.36. The molecule has 7 heteroatoms. The largest absolute Gasteiger partial charge is 0.496 e. The van der Waals surface area contributed by atoms with Gasteiger partial charge in [-0.1, -0.05) is 18.2 Å². The minimum absolute atomic E-state index is 0.290. The molecule has 4 nitrogen and oxygen atoms in total. The van der Waals surface area contributed by atoms with Crippen molar-refractivity contribution in [3.05, 3.63) is 29.8 Å². The van der Waals surface area contributed by atoms with Gasteiger partial charge in [0.25, 0.3) is 0 Å². The zero-order valence-corrected chi connectivity index (χ0v) is 13.1. The van der Waals surface area contributed by atoms with Crippen LogP contribution in [-0.4, -0.2) is 44.3 Å². The molecule has 0 bridgehead atoms. The average molecular weight is 317 g/mol. The molecule has 0 aliphatic heterocycles. The number of nitrogens with one attached hydrogen (secondary N) is 1. The first-order valence-corrected chi connectivity index (χ1v) is 7.05. The van der Waals surface area contributed by atoms with Crippen molar-refractivity contribution < 1.29 is 17.9 Å². The smallest absolute Gasteiger partial charge is 0.390 e. The van der Waals surface area contributed by atoms with E-state index in [1.54, 1.807) is 19.1 Å². The Hall–Kier alpha value is -1.92. The van der Waals surface area contributed by atoms with E-state index in [2.05, 4.69) is 10.3 Å². The Bertz CT molecular complexity index is 489. The lowest BCUT2D eigenvalue weighted by molar-refractivity contribution is -0.132. The van der Waals surface area contributed by atoms with Gasteiger partial charge in [-0.05, 0) is 13.0 Å². The fraction of sp³-hybridized carbons (Fsp3) is 0.533. The van der Waals surface area contributed by atoms with E-state index in [0.717, 1.165) is 11.3 Å². The molecule has 22 heavy (non-hydrogen) atoms. The topological polar surface area (TPSA) is 36.9 Å². The zero-order valence-electron chi connectivity index (χ0n) is 13.1. The summed E-state index contributed by atoms with van der Waals surface area (Å²) in [5.74, 6) is 1.18. The summed E-state index contributed by atoms with van der Waals surface area (Å²) in [5.41, 5.74) is 0.939. The maximum atomic E-state index is 12.2. The Morgan fingerprint density at radius 1 is 1.32 bits per heavy atom. The zero-order chi connectivity index (χ0) is 16.6. The first-order valence-electron chi connectivity index (χ1n) is 7.05. The Kier molecular flexibility index (Phi) is 7.01. The molecule has 0 aromatic heterocycles. The van der Waals surface area contributed by atoms with E-state index in [9.17, 15) is 13.2 Å². The van der Waals surface area contributed by atoms with Crippen molar-refractivity contribution in [2.75, 3.05) is 27.2 Å². The van der Waals surface area contributed by atoms with Gasteiger partial charge < -0.3 is 15.0 Å². The standard InChI is InChI=1S/C15H22F3N3O/c1-4-19-14(20-10-9-15(16,17)18)21(2)11-12-7-5-6-8-13(12)22-3/h5-8H,4,9-11H2,1-3H3,(H,19,20). The van der Waals surface area contributed by atoms with Gasteiger partial charge in [0.1, 0.15) is 5.75 Å². The molecule has 0 aliphatic rings. The highest BCUT2D eigenvalue weighted by atomic mass is 19.4. The van der Waals surface area contributed by atoms with Crippen molar-refractivity contribution in [2.24, 2.45) is 4.99 Å². The Morgan fingerprint density at radius 3 is 2.59 bits per heavy atom. The van der Waals surface area contributed by atoms with Crippen LogP contribution in [0.25, 0.3) is 0 Å². The molecule has 0 heterocycles. The SMILES string of the molecule is CCNC(=NCCC(F)(F)F)N(C)Cc1ccccc1OC. The van der Waals surface area contributed by atoms with Crippen molar-refractivity contribution in [3.8, 4) is 5.75 Å². The van der Waals surface area contributed by atoms with Crippen molar-refractivity contribution in [1.82, 2.24) is 10.2 Å². The summed E-state index contributed by atoms with van der Waals surface area (Å²) in [6, 6.07) is 7.51. The van der Waals surface area contributed by atoms with Crippen LogP contribution in [0.3, 0.4) is 0 Å². The van der Waals surface area contributed by atoms with Crippen molar-refractivity contribution in [1.29, 1.82) is 0 Å². The first kappa shape index (κ1) is 18.1. The fourth-order valence-corrected chi connectivity index (χ4v) is 1.92. The second-order valence-corrected chi connectivity index (χ2v) is 4.77. The van der Waals surface area contributed by atoms with Crippen molar-refractivity contribution in [2.45, 2.75) is 26.1 Å². The molecule has 1 aromatic carbocycles. The van der Waals surface area contributed by atoms with Crippen LogP contribution in [-0.2, 0) is 6.54 Å². The molecule has 1 N–H and O–H groups in total. The number of alkyl halides is 3. The molecule has 0 spiro atoms. The predicted molar refractivity (Wildman–Crippen MR) is 81.1 cm³/mol. The fourth-order valence-electron chi connectivity index (χ4n) is 1.92. The van der Waals surface area contributed by atoms with E-state index in [0.29, 0.717) is 19.0 Å². The summed E-state index contributed by atoms with van der Waals surface area (Å²) >= 11 is 0. The average Bonchev–Trinajstić information content (AvgIpc) is 2.45. The van der Waals surface area contributed by atoms with Gasteiger partial charge in [0.2, 0.25) is 0 Å². The lowest BCUT2D eigenvalue weighted by Crippen LogP contribution is -2.38. The van der Waals surface area contributed by atoms with Gasteiger partial charge in [0, 0.05) is 25.7 Å². The molecule has 1 aromatic rings. The minimum Gasteiger partial charge on any atom is -0.496 e. The highest BCUT2D eigenvalue weighted by Crippen LogP contribution is 2.20. The maximum absolute atomic E-state index is 12.2. The second-order valence-electron chi connectivity index (χ2n) is 4.77. The van der Waals surface area contributed by atoms with E-state index in [1.165, 1.54) is 0 Å². The summed E-state index contributed by atoms with van der Waals surface area (Å²) in [6.45, 7) is 2.65. The second kappa shape index (κ2) is 8.51. The number of methoxy groups -OCH3 is 1. The third-order valence-corrected chi connectivity index (χ3v) is 2.95. The van der Waals surface area contributed by atoms with Gasteiger partial charge in [0.15, 0.2) is 5.96 Å². The molecular weight excluding hydrogens is 295 g/mol. The molecule has 0 amide bonds. The summed E-state index contributed by atoms with van der Waals surface area (Å²) < 4.78 is 41.9. The summed E-state index contributed by atoms with van der Waals surface area (Å²) in [4.78, 5) is 5.80. The number of ether oxygens (including phenoxy) is 1. The number of benzene rings is 1. The summed E-state index contributed by atoms with van der Waals surface area (Å²) in [5, 5.41) is 2.99. The number of halogens is 3. The number of para-hydroxylation sites is 1. The molecular formula is C15H22F3N3O. The number of nitrogens with zero attached hydrogens (tertiary/aromatic N) is 2. The number of guanidine groups is 1. The number of aliphatic imine (C=N–C) groups is 1. The molecule has 0 unspecified atom stereocenters. The van der Waals surface area contributed by atoms with Gasteiger partial charge in [-0.15, -0.1) is 0 Å². The Labute approximate surface area is 129 Å². The van der Waals surface area contributed by atoms with E-state index >= 15 is 0 Å². The van der Waals surface area contributed by atoms with Crippen molar-refractivity contribution in [3.63, 3.8) is 0 Å². The monoisotopic (exact) mass is 317 g/mol. The maximum Gasteiger partial charge on any atom is 0.390 e. The van der Waals surface area contributed by atoms with Crippen LogP contribution in [0.5, 0.6) is 5.75 Å². The molecule has 0 fully saturated rings. The third-order valence-electron chi connectivity index (χ3n) is 2.95. The molecule has 124 valence electrons. The first-order chi connectivity index (χ1) is 10.4. The third kappa shape index (κ3) is 6.24. The van der Waals surface area contributed by atoms with Gasteiger partial charge in [-0.2, -0.15) is 13.2 Å². The van der Waals surface area contributed by atoms with E-state index in [-0.39, 0.29) is 6.54 Å². The van der Waals surface area contributed by atoms with E-state index < -0.39 is 12.6 Å². The lowest BCUT2D eigenvalue weighted by Gasteiger charge is -2.23. The molecule has 0 aliphatic carbocycles. The number of hydrogen-bond acceptors (Lipinski definition) is 2. The van der Waals surface area contributed by atoms with Crippen molar-refractivity contribution >= 4 is 5.96 Å². The van der Waals surface area contributed by atoms with Crippen LogP contribution in [0.15, 0.2) is 29.3 Å². The van der Waals surface area contributed by atoms with E-state index in [4.69, 9.17) is 4.74 Å². The molecule has 0 saturated carbocycles. The Morgan fingerprint density at radius 2 is 2.00 bits per heavy atom. The van der Waals surface area contributed by atoms with Crippen LogP contribution in [0, 0.1) is 0 Å². The minimum atomic E-state index is -4.19. The summed E-state index contributed by atoms with van der Waals surface area (Å²) in [6.07, 6.45) is -5.12. The number of rotatable bonds is 6. The van der Waals surface area contributed by atoms with Crippen LogP contribution < -0.4 is 10.1 Å². The highest BCUT2D eigenvalue weighted by Gasteiger charge is 2.26. The van der Waals surface area contributed by atoms with Crippen LogP contribution in [0.2, 0.25) is 0 Å². The predicted octanol–water partition coefficient (Wildman–Crippen LogP) is 3.04. The Balaban J connectivity index is 2.76. The highest BCUT2D eigenvalue weighted by molar-refractivity contribution is 5.79. The normalized spacial score (nSPS) is 12.2. The van der Waals surface area contributed by atoms with Crippen LogP contribution in [0.4, 0.5) is 13.2 Å². The van der Waals surface area contributed by atoms with Gasteiger partial charge in [-0.3, -0.25) is 4.99 Å². The van der Waals surface area contributed by atoms with Gasteiger partial charge in [0.05, 0.1) is 20.1 Å². The van der Waals surface area contributed by atoms with Gasteiger partial charge in [-0.25, -0.2) is 0 Å². The molecule has 1 rings (SSSR count). The van der Waals surface area contributed by atoms with Crippen LogP contribution >= 0.6 is 0 Å². The molecule has 0 radical (unpaired) electrons. The lowest BCUT2D eigenvalue weighted by atomic mass is 10.2. The van der Waals surface area contributed by atoms with Gasteiger partial charge >= 0.3 is 6.18 Å². The molecule has 0 atom stereocenters. The molecule has 0 saturated heterocycles. The van der Waals surface area contributed by atoms with Crippen LogP contribution in [0.1, 0.15) is 18.9 Å². The quantitative estimate of drug-likeness (QED) is 0.647.